The maximum Gasteiger partial charge on any atom is 0.156 e. The van der Waals surface area contributed by atoms with E-state index in [1.165, 1.54) is 0 Å². The van der Waals surface area contributed by atoms with Gasteiger partial charge in [-0.3, -0.25) is 0 Å². The topological polar surface area (TPSA) is 60.2 Å². The van der Waals surface area contributed by atoms with Gasteiger partial charge < -0.3 is 5.73 Å². The number of rotatable bonds is 1. The number of hydrogen-bond acceptors (Lipinski definition) is 3. The Bertz CT molecular complexity index is 253. The molecule has 3 nitrogen and oxygen atoms in total. The summed E-state index contributed by atoms with van der Waals surface area (Å²) in [5, 5.41) is -0.102. The van der Waals surface area contributed by atoms with E-state index in [0.29, 0.717) is 12.5 Å². The van der Waals surface area contributed by atoms with Crippen LogP contribution in [0.5, 0.6) is 0 Å². The first-order valence-corrected chi connectivity index (χ1v) is 6.18. The number of nitrogens with two attached hydrogens (primary N) is 1. The lowest BCUT2D eigenvalue weighted by Crippen LogP contribution is -2.35. The molecule has 2 saturated heterocycles. The van der Waals surface area contributed by atoms with Gasteiger partial charge in [-0.05, 0) is 38.1 Å². The molecule has 0 spiro atoms. The first kappa shape index (κ1) is 8.51. The molecule has 4 heteroatoms. The molecule has 0 saturated carbocycles. The molecule has 0 aromatic rings. The van der Waals surface area contributed by atoms with Crippen molar-refractivity contribution in [1.29, 1.82) is 0 Å². The smallest absolute Gasteiger partial charge is 0.156 e. The summed E-state index contributed by atoms with van der Waals surface area (Å²) in [7, 11) is -2.73. The van der Waals surface area contributed by atoms with Gasteiger partial charge in [0.15, 0.2) is 9.84 Å². The van der Waals surface area contributed by atoms with Crippen LogP contribution in [-0.4, -0.2) is 25.5 Å². The summed E-state index contributed by atoms with van der Waals surface area (Å²) in [6.07, 6.45) is 3.39. The zero-order chi connectivity index (χ0) is 8.77. The van der Waals surface area contributed by atoms with Gasteiger partial charge >= 0.3 is 0 Å². The Morgan fingerprint density at radius 3 is 2.08 bits per heavy atom. The lowest BCUT2D eigenvalue weighted by Gasteiger charge is -2.26. The monoisotopic (exact) mass is 189 g/mol. The Labute approximate surface area is 73.2 Å². The summed E-state index contributed by atoms with van der Waals surface area (Å²) in [5.41, 5.74) is 5.55. The SMILES string of the molecule is NCC1CC2CCC(C1)S2(=O)=O. The molecule has 2 aliphatic heterocycles. The second-order valence-corrected chi connectivity index (χ2v) is 6.49. The van der Waals surface area contributed by atoms with Crippen LogP contribution >= 0.6 is 0 Å². The van der Waals surface area contributed by atoms with Crippen molar-refractivity contribution in [3.8, 4) is 0 Å². The Kier molecular flexibility index (Phi) is 1.92. The molecule has 0 aromatic carbocycles. The average Bonchev–Trinajstić information content (AvgIpc) is 2.29. The van der Waals surface area contributed by atoms with Crippen LogP contribution in [-0.2, 0) is 9.84 Å². The van der Waals surface area contributed by atoms with Crippen molar-refractivity contribution in [1.82, 2.24) is 0 Å². The fraction of sp³-hybridized carbons (Fsp3) is 1.00. The molecule has 2 aliphatic rings. The van der Waals surface area contributed by atoms with E-state index in [0.717, 1.165) is 25.7 Å². The van der Waals surface area contributed by atoms with Crippen molar-refractivity contribution in [2.45, 2.75) is 36.2 Å². The molecule has 0 aromatic heterocycles. The quantitative estimate of drug-likeness (QED) is 0.645. The molecule has 2 heterocycles. The first-order chi connectivity index (χ1) is 5.64. The highest BCUT2D eigenvalue weighted by atomic mass is 32.2. The van der Waals surface area contributed by atoms with Crippen LogP contribution in [0, 0.1) is 5.92 Å². The van der Waals surface area contributed by atoms with E-state index < -0.39 is 9.84 Å². The third-order valence-electron chi connectivity index (χ3n) is 3.27. The van der Waals surface area contributed by atoms with Crippen LogP contribution in [0.4, 0.5) is 0 Å². The van der Waals surface area contributed by atoms with Crippen molar-refractivity contribution < 1.29 is 8.42 Å². The van der Waals surface area contributed by atoms with E-state index in [2.05, 4.69) is 0 Å². The summed E-state index contributed by atoms with van der Waals surface area (Å²) < 4.78 is 23.2. The minimum absolute atomic E-state index is 0.0511. The molecule has 0 radical (unpaired) electrons. The van der Waals surface area contributed by atoms with E-state index in [-0.39, 0.29) is 10.5 Å². The maximum atomic E-state index is 11.6. The van der Waals surface area contributed by atoms with Gasteiger partial charge in [-0.25, -0.2) is 8.42 Å². The highest BCUT2D eigenvalue weighted by molar-refractivity contribution is 7.93. The molecule has 0 amide bonds. The van der Waals surface area contributed by atoms with Gasteiger partial charge in [0.25, 0.3) is 0 Å². The van der Waals surface area contributed by atoms with Crippen LogP contribution in [0.15, 0.2) is 0 Å². The van der Waals surface area contributed by atoms with E-state index in [1.54, 1.807) is 0 Å². The predicted molar refractivity (Wildman–Crippen MR) is 47.5 cm³/mol. The number of fused-ring (bicyclic) bond motifs is 2. The Hall–Kier alpha value is -0.0900. The molecule has 70 valence electrons. The lowest BCUT2D eigenvalue weighted by atomic mass is 10.00. The number of sulfone groups is 1. The van der Waals surface area contributed by atoms with Crippen molar-refractivity contribution in [2.75, 3.05) is 6.54 Å². The molecular formula is C8H15NO2S. The zero-order valence-electron chi connectivity index (χ0n) is 7.07. The maximum absolute atomic E-state index is 11.6. The largest absolute Gasteiger partial charge is 0.330 e. The normalized spacial score (nSPS) is 44.6. The zero-order valence-corrected chi connectivity index (χ0v) is 7.89. The van der Waals surface area contributed by atoms with Gasteiger partial charge in [-0.2, -0.15) is 0 Å². The third-order valence-corrected chi connectivity index (χ3v) is 5.98. The minimum atomic E-state index is -2.73. The molecule has 2 fully saturated rings. The second kappa shape index (κ2) is 2.70. The fourth-order valence-electron chi connectivity index (χ4n) is 2.51. The van der Waals surface area contributed by atoms with Gasteiger partial charge in [0.05, 0.1) is 10.5 Å². The summed E-state index contributed by atoms with van der Waals surface area (Å²) in [4.78, 5) is 0. The van der Waals surface area contributed by atoms with Crippen LogP contribution in [0.3, 0.4) is 0 Å². The van der Waals surface area contributed by atoms with Crippen LogP contribution in [0.25, 0.3) is 0 Å². The molecule has 2 atom stereocenters. The van der Waals surface area contributed by atoms with Gasteiger partial charge in [0.1, 0.15) is 0 Å². The van der Waals surface area contributed by atoms with Gasteiger partial charge in [0, 0.05) is 0 Å². The number of hydrogen-bond donors (Lipinski definition) is 1. The Morgan fingerprint density at radius 1 is 1.17 bits per heavy atom. The van der Waals surface area contributed by atoms with E-state index in [4.69, 9.17) is 5.73 Å². The molecular weight excluding hydrogens is 174 g/mol. The standard InChI is InChI=1S/C8H15NO2S/c9-5-6-3-7-1-2-8(4-6)12(7,10)11/h6-8H,1-5,9H2. The Balaban J connectivity index is 2.23. The first-order valence-electron chi connectivity index (χ1n) is 4.57. The third kappa shape index (κ3) is 1.09. The lowest BCUT2D eigenvalue weighted by molar-refractivity contribution is 0.434. The minimum Gasteiger partial charge on any atom is -0.330 e. The summed E-state index contributed by atoms with van der Waals surface area (Å²) in [6.45, 7) is 0.655. The van der Waals surface area contributed by atoms with Crippen molar-refractivity contribution in [3.63, 3.8) is 0 Å². The molecule has 2 bridgehead atoms. The Morgan fingerprint density at radius 2 is 1.67 bits per heavy atom. The van der Waals surface area contributed by atoms with Crippen molar-refractivity contribution in [3.05, 3.63) is 0 Å². The van der Waals surface area contributed by atoms with E-state index >= 15 is 0 Å². The highest BCUT2D eigenvalue weighted by Gasteiger charge is 2.46. The van der Waals surface area contributed by atoms with Crippen LogP contribution < -0.4 is 5.73 Å². The van der Waals surface area contributed by atoms with Gasteiger partial charge in [-0.15, -0.1) is 0 Å². The van der Waals surface area contributed by atoms with Gasteiger partial charge in [-0.1, -0.05) is 0 Å². The van der Waals surface area contributed by atoms with E-state index in [1.807, 2.05) is 0 Å². The van der Waals surface area contributed by atoms with Crippen molar-refractivity contribution >= 4 is 9.84 Å². The molecule has 12 heavy (non-hydrogen) atoms. The molecule has 2 unspecified atom stereocenters. The average molecular weight is 189 g/mol. The van der Waals surface area contributed by atoms with Crippen molar-refractivity contribution in [2.24, 2.45) is 11.7 Å². The predicted octanol–water partition coefficient (Wildman–Crippen LogP) is 0.301. The van der Waals surface area contributed by atoms with Gasteiger partial charge in [0.2, 0.25) is 0 Å². The molecule has 2 rings (SSSR count). The fourth-order valence-corrected chi connectivity index (χ4v) is 5.06. The molecule has 0 aliphatic carbocycles. The molecule has 2 N–H and O–H groups in total. The van der Waals surface area contributed by atoms with Crippen LogP contribution in [0.2, 0.25) is 0 Å². The highest BCUT2D eigenvalue weighted by Crippen LogP contribution is 2.40. The summed E-state index contributed by atoms with van der Waals surface area (Å²) >= 11 is 0. The second-order valence-electron chi connectivity index (χ2n) is 3.98. The summed E-state index contributed by atoms with van der Waals surface area (Å²) in [5.74, 6) is 0.464. The summed E-state index contributed by atoms with van der Waals surface area (Å²) in [6, 6.07) is 0. The van der Waals surface area contributed by atoms with E-state index in [9.17, 15) is 8.42 Å². The van der Waals surface area contributed by atoms with Crippen LogP contribution in [0.1, 0.15) is 25.7 Å².